The summed E-state index contributed by atoms with van der Waals surface area (Å²) in [6.45, 7) is 0. The second-order valence-electron chi connectivity index (χ2n) is 6.00. The molecule has 0 saturated heterocycles. The number of carboxylic acid groups (broad SMARTS) is 1. The number of aromatic nitrogens is 2. The maximum atomic E-state index is 12.8. The molecule has 11 heteroatoms. The Labute approximate surface area is 158 Å². The molecule has 3 aromatic rings. The Morgan fingerprint density at radius 1 is 1.14 bits per heavy atom. The molecule has 0 unspecified atom stereocenters. The molecule has 2 heterocycles. The lowest BCUT2D eigenvalue weighted by Crippen LogP contribution is -2.31. The Kier molecular flexibility index (Phi) is 3.72. The molecule has 1 aromatic heterocycles. The first-order valence-corrected chi connectivity index (χ1v) is 9.37. The van der Waals surface area contributed by atoms with Gasteiger partial charge in [-0.1, -0.05) is 18.2 Å². The predicted molar refractivity (Wildman–Crippen MR) is 98.2 cm³/mol. The quantitative estimate of drug-likeness (QED) is 0.526. The van der Waals surface area contributed by atoms with E-state index in [1.54, 1.807) is 18.2 Å². The molecule has 0 spiro atoms. The number of fused-ring (bicyclic) bond motifs is 3. The summed E-state index contributed by atoms with van der Waals surface area (Å²) in [5.41, 5.74) is 0.298. The molecule has 0 saturated carbocycles. The number of nitro benzene ring substituents is 1. The number of carboxylic acids is 1. The van der Waals surface area contributed by atoms with Crippen molar-refractivity contribution in [3.05, 3.63) is 64.3 Å². The second-order valence-corrected chi connectivity index (χ2v) is 7.94. The van der Waals surface area contributed by atoms with E-state index in [0.717, 1.165) is 4.31 Å². The van der Waals surface area contributed by atoms with Gasteiger partial charge in [0.05, 0.1) is 15.5 Å². The molecule has 0 amide bonds. The standard InChI is InChI=1S/C17H12N4O6S/c1-19-16-14(17(22)23)18-20(10-6-8-11(9-7-10)21(24)25)15(16)12-4-2-3-5-13(12)28(19,26)27/h2-9H,1H3,(H,22,23). The first kappa shape index (κ1) is 17.7. The van der Waals surface area contributed by atoms with Crippen LogP contribution in [0.15, 0.2) is 53.4 Å². The van der Waals surface area contributed by atoms with E-state index in [4.69, 9.17) is 0 Å². The third kappa shape index (κ3) is 2.36. The highest BCUT2D eigenvalue weighted by Gasteiger charge is 2.39. The summed E-state index contributed by atoms with van der Waals surface area (Å²) in [6, 6.07) is 11.6. The van der Waals surface area contributed by atoms with Gasteiger partial charge in [0, 0.05) is 24.7 Å². The molecule has 0 fully saturated rings. The van der Waals surface area contributed by atoms with Crippen LogP contribution in [0.4, 0.5) is 11.4 Å². The first-order chi connectivity index (χ1) is 13.2. The van der Waals surface area contributed by atoms with Crippen LogP contribution >= 0.6 is 0 Å². The summed E-state index contributed by atoms with van der Waals surface area (Å²) in [5, 5.41) is 24.5. The lowest BCUT2D eigenvalue weighted by atomic mass is 10.1. The van der Waals surface area contributed by atoms with Crippen LogP contribution in [0.2, 0.25) is 0 Å². The first-order valence-electron chi connectivity index (χ1n) is 7.93. The molecule has 4 rings (SSSR count). The zero-order valence-electron chi connectivity index (χ0n) is 14.3. The highest BCUT2D eigenvalue weighted by atomic mass is 32.2. The maximum Gasteiger partial charge on any atom is 0.358 e. The smallest absolute Gasteiger partial charge is 0.358 e. The summed E-state index contributed by atoms with van der Waals surface area (Å²) >= 11 is 0. The molecule has 0 radical (unpaired) electrons. The van der Waals surface area contributed by atoms with E-state index >= 15 is 0 Å². The highest BCUT2D eigenvalue weighted by Crippen LogP contribution is 2.45. The number of rotatable bonds is 3. The predicted octanol–water partition coefficient (Wildman–Crippen LogP) is 2.28. The molecule has 142 valence electrons. The average molecular weight is 400 g/mol. The summed E-state index contributed by atoms with van der Waals surface area (Å²) in [5.74, 6) is -1.39. The van der Waals surface area contributed by atoms with Crippen molar-refractivity contribution in [3.8, 4) is 16.9 Å². The fourth-order valence-corrected chi connectivity index (χ4v) is 4.55. The topological polar surface area (TPSA) is 136 Å². The molecule has 1 N–H and O–H groups in total. The van der Waals surface area contributed by atoms with E-state index in [0.29, 0.717) is 11.3 Å². The van der Waals surface area contributed by atoms with E-state index in [2.05, 4.69) is 5.10 Å². The SMILES string of the molecule is CN1c2c(C(=O)O)nn(-c3ccc([N+](=O)[O-])cc3)c2-c2ccccc2S1(=O)=O. The number of aromatic carboxylic acids is 1. The second kappa shape index (κ2) is 5.89. The van der Waals surface area contributed by atoms with Crippen LogP contribution in [0.25, 0.3) is 16.9 Å². The van der Waals surface area contributed by atoms with Crippen LogP contribution in [0.5, 0.6) is 0 Å². The Morgan fingerprint density at radius 3 is 2.39 bits per heavy atom. The number of sulfonamides is 1. The number of benzene rings is 2. The summed E-state index contributed by atoms with van der Waals surface area (Å²) in [6.07, 6.45) is 0. The fourth-order valence-electron chi connectivity index (χ4n) is 3.15. The van der Waals surface area contributed by atoms with Crippen LogP contribution in [0, 0.1) is 10.1 Å². The minimum absolute atomic E-state index is 0.0185. The monoisotopic (exact) mass is 400 g/mol. The lowest BCUT2D eigenvalue weighted by molar-refractivity contribution is -0.384. The molecule has 0 aliphatic carbocycles. The Hall–Kier alpha value is -3.73. The highest BCUT2D eigenvalue weighted by molar-refractivity contribution is 7.93. The van der Waals surface area contributed by atoms with Gasteiger partial charge in [-0.25, -0.2) is 17.9 Å². The minimum atomic E-state index is -3.95. The van der Waals surface area contributed by atoms with Crippen LogP contribution in [0.1, 0.15) is 10.5 Å². The van der Waals surface area contributed by atoms with Crippen LogP contribution in [-0.4, -0.2) is 41.2 Å². The van der Waals surface area contributed by atoms with Gasteiger partial charge in [0.15, 0.2) is 5.69 Å². The van der Waals surface area contributed by atoms with Crippen molar-refractivity contribution < 1.29 is 23.2 Å². The molecule has 0 bridgehead atoms. The number of anilines is 1. The molecule has 28 heavy (non-hydrogen) atoms. The lowest BCUT2D eigenvalue weighted by Gasteiger charge is -2.27. The van der Waals surface area contributed by atoms with Gasteiger partial charge < -0.3 is 5.11 Å². The molecule has 1 aliphatic heterocycles. The van der Waals surface area contributed by atoms with Gasteiger partial charge in [0.1, 0.15) is 11.4 Å². The summed E-state index contributed by atoms with van der Waals surface area (Å²) in [7, 11) is -2.69. The molecular formula is C17H12N4O6S. The molecule has 0 atom stereocenters. The van der Waals surface area contributed by atoms with Crippen molar-refractivity contribution in [2.45, 2.75) is 4.90 Å². The third-order valence-electron chi connectivity index (χ3n) is 4.46. The normalized spacial score (nSPS) is 14.2. The van der Waals surface area contributed by atoms with Gasteiger partial charge in [-0.2, -0.15) is 5.10 Å². The number of hydrogen-bond donors (Lipinski definition) is 1. The van der Waals surface area contributed by atoms with Crippen molar-refractivity contribution in [3.63, 3.8) is 0 Å². The van der Waals surface area contributed by atoms with Crippen molar-refractivity contribution >= 4 is 27.4 Å². The molecule has 2 aromatic carbocycles. The summed E-state index contributed by atoms with van der Waals surface area (Å²) in [4.78, 5) is 22.1. The molecule has 10 nitrogen and oxygen atoms in total. The fraction of sp³-hybridized carbons (Fsp3) is 0.0588. The van der Waals surface area contributed by atoms with Crippen molar-refractivity contribution in [2.24, 2.45) is 0 Å². The zero-order chi connectivity index (χ0) is 20.2. The van der Waals surface area contributed by atoms with Gasteiger partial charge in [0.25, 0.3) is 15.7 Å². The van der Waals surface area contributed by atoms with Crippen LogP contribution in [0.3, 0.4) is 0 Å². The molecular weight excluding hydrogens is 388 g/mol. The van der Waals surface area contributed by atoms with Crippen molar-refractivity contribution in [1.82, 2.24) is 9.78 Å². The largest absolute Gasteiger partial charge is 0.476 e. The number of non-ortho nitro benzene ring substituents is 1. The summed E-state index contributed by atoms with van der Waals surface area (Å²) < 4.78 is 27.8. The van der Waals surface area contributed by atoms with E-state index in [1.165, 1.54) is 42.1 Å². The maximum absolute atomic E-state index is 12.8. The van der Waals surface area contributed by atoms with Gasteiger partial charge in [-0.05, 0) is 18.2 Å². The van der Waals surface area contributed by atoms with E-state index < -0.39 is 26.6 Å². The number of hydrogen-bond acceptors (Lipinski definition) is 6. The van der Waals surface area contributed by atoms with Gasteiger partial charge in [-0.15, -0.1) is 0 Å². The number of nitro groups is 1. The van der Waals surface area contributed by atoms with Gasteiger partial charge in [-0.3, -0.25) is 14.4 Å². The van der Waals surface area contributed by atoms with E-state index in [1.807, 2.05) is 0 Å². The Bertz CT molecular complexity index is 1250. The van der Waals surface area contributed by atoms with Gasteiger partial charge >= 0.3 is 5.97 Å². The van der Waals surface area contributed by atoms with Crippen molar-refractivity contribution in [2.75, 3.05) is 11.4 Å². The van der Waals surface area contributed by atoms with Crippen LogP contribution < -0.4 is 4.31 Å². The van der Waals surface area contributed by atoms with Crippen LogP contribution in [-0.2, 0) is 10.0 Å². The third-order valence-corrected chi connectivity index (χ3v) is 6.28. The van der Waals surface area contributed by atoms with E-state index in [9.17, 15) is 28.4 Å². The molecule has 1 aliphatic rings. The van der Waals surface area contributed by atoms with Crippen molar-refractivity contribution in [1.29, 1.82) is 0 Å². The van der Waals surface area contributed by atoms with E-state index in [-0.39, 0.29) is 22.0 Å². The number of carbonyl (C=O) groups is 1. The Morgan fingerprint density at radius 2 is 1.79 bits per heavy atom. The average Bonchev–Trinajstić information content (AvgIpc) is 3.07. The number of nitrogens with zero attached hydrogens (tertiary/aromatic N) is 4. The minimum Gasteiger partial charge on any atom is -0.476 e. The Balaban J connectivity index is 2.07. The van der Waals surface area contributed by atoms with Gasteiger partial charge in [0.2, 0.25) is 0 Å². The zero-order valence-corrected chi connectivity index (χ0v) is 15.1.